The lowest BCUT2D eigenvalue weighted by molar-refractivity contribution is 0.0606. The summed E-state index contributed by atoms with van der Waals surface area (Å²) in [7, 11) is 3.21. The number of nitrogens with two attached hydrogens (primary N) is 1. The summed E-state index contributed by atoms with van der Waals surface area (Å²) < 4.78 is 29.7. The average molecular weight is 521 g/mol. The molecule has 1 aromatic carbocycles. The van der Waals surface area contributed by atoms with Crippen LogP contribution in [0, 0.1) is 5.92 Å². The van der Waals surface area contributed by atoms with Gasteiger partial charge < -0.3 is 29.2 Å². The highest BCUT2D eigenvalue weighted by atomic mass is 19.1. The summed E-state index contributed by atoms with van der Waals surface area (Å²) in [5.41, 5.74) is 9.70. The van der Waals surface area contributed by atoms with E-state index in [0.29, 0.717) is 41.7 Å². The number of ether oxygens (including phenoxy) is 2. The molecule has 38 heavy (non-hydrogen) atoms. The van der Waals surface area contributed by atoms with Crippen LogP contribution >= 0.6 is 0 Å². The number of likely N-dealkylation sites (tertiary alicyclic amines) is 1. The van der Waals surface area contributed by atoms with Gasteiger partial charge in [0.15, 0.2) is 5.82 Å². The molecule has 200 valence electrons. The Hall–Kier alpha value is -3.66. The molecule has 1 amide bonds. The molecule has 3 aromatic heterocycles. The Morgan fingerprint density at radius 3 is 2.61 bits per heavy atom. The minimum atomic E-state index is -1.13. The van der Waals surface area contributed by atoms with Gasteiger partial charge >= 0.3 is 0 Å². The number of hydrogen-bond acceptors (Lipinski definition) is 6. The number of benzene rings is 1. The number of halogens is 1. The summed E-state index contributed by atoms with van der Waals surface area (Å²) in [6, 6.07) is 9.13. The number of carbonyl (C=O) groups excluding carboxylic acids is 1. The number of fused-ring (bicyclic) bond motifs is 2. The van der Waals surface area contributed by atoms with Crippen LogP contribution in [0.25, 0.3) is 33.6 Å². The molecule has 2 aliphatic rings. The number of aryl methyl sites for hydroxylation is 1. The quantitative estimate of drug-likeness (QED) is 0.395. The van der Waals surface area contributed by atoms with Crippen molar-refractivity contribution in [2.75, 3.05) is 27.3 Å². The normalized spacial score (nSPS) is 19.9. The number of aromatic nitrogens is 4. The minimum absolute atomic E-state index is 0.0409. The molecule has 0 unspecified atom stereocenters. The van der Waals surface area contributed by atoms with Crippen molar-refractivity contribution >= 4 is 28.0 Å². The van der Waals surface area contributed by atoms with Gasteiger partial charge in [-0.1, -0.05) is 0 Å². The zero-order valence-corrected chi connectivity index (χ0v) is 22.0. The fourth-order valence-electron chi connectivity index (χ4n) is 5.59. The van der Waals surface area contributed by atoms with Gasteiger partial charge in [-0.25, -0.2) is 9.37 Å². The lowest BCUT2D eigenvalue weighted by atomic mass is 10.0. The molecule has 1 saturated carbocycles. The zero-order chi connectivity index (χ0) is 26.6. The molecule has 9 nitrogen and oxygen atoms in total. The van der Waals surface area contributed by atoms with E-state index in [1.54, 1.807) is 26.4 Å². The predicted molar refractivity (Wildman–Crippen MR) is 143 cm³/mol. The van der Waals surface area contributed by atoms with Crippen molar-refractivity contribution in [3.8, 4) is 23.1 Å². The van der Waals surface area contributed by atoms with Gasteiger partial charge in [-0.05, 0) is 56.4 Å². The molecule has 4 aromatic rings. The topological polar surface area (TPSA) is 100 Å². The smallest absolute Gasteiger partial charge is 0.254 e. The maximum Gasteiger partial charge on any atom is 0.254 e. The van der Waals surface area contributed by atoms with Crippen molar-refractivity contribution < 1.29 is 18.7 Å². The van der Waals surface area contributed by atoms with Crippen LogP contribution in [0.15, 0.2) is 30.3 Å². The first-order valence-corrected chi connectivity index (χ1v) is 13.2. The number of nitrogens with zero attached hydrogens (tertiary/aromatic N) is 5. The van der Waals surface area contributed by atoms with Crippen LogP contribution in [0.3, 0.4) is 0 Å². The fourth-order valence-corrected chi connectivity index (χ4v) is 5.59. The summed E-state index contributed by atoms with van der Waals surface area (Å²) in [5.74, 6) is 2.25. The molecule has 2 fully saturated rings. The van der Waals surface area contributed by atoms with Crippen molar-refractivity contribution in [1.29, 1.82) is 0 Å². The van der Waals surface area contributed by atoms with E-state index >= 15 is 0 Å². The molecule has 1 aliphatic carbocycles. The van der Waals surface area contributed by atoms with Crippen molar-refractivity contribution in [2.45, 2.75) is 51.5 Å². The average Bonchev–Trinajstić information content (AvgIpc) is 3.56. The molecule has 2 atom stereocenters. The monoisotopic (exact) mass is 520 g/mol. The first-order chi connectivity index (χ1) is 18.4. The van der Waals surface area contributed by atoms with Gasteiger partial charge in [-0.2, -0.15) is 4.98 Å². The second-order valence-corrected chi connectivity index (χ2v) is 10.4. The van der Waals surface area contributed by atoms with E-state index in [4.69, 9.17) is 25.2 Å². The number of pyridine rings is 1. The number of amides is 1. The van der Waals surface area contributed by atoms with Crippen LogP contribution in [0.2, 0.25) is 0 Å². The van der Waals surface area contributed by atoms with Crippen LogP contribution < -0.4 is 15.2 Å². The first kappa shape index (κ1) is 24.7. The van der Waals surface area contributed by atoms with E-state index in [9.17, 15) is 9.18 Å². The van der Waals surface area contributed by atoms with Gasteiger partial charge in [-0.3, -0.25) is 4.79 Å². The van der Waals surface area contributed by atoms with E-state index in [-0.39, 0.29) is 24.9 Å². The molecule has 4 heterocycles. The predicted octanol–water partition coefficient (Wildman–Crippen LogP) is 4.01. The van der Waals surface area contributed by atoms with Crippen LogP contribution in [0.1, 0.15) is 36.5 Å². The largest absolute Gasteiger partial charge is 0.494 e. The third-order valence-electron chi connectivity index (χ3n) is 7.60. The number of piperidine rings is 1. The van der Waals surface area contributed by atoms with Gasteiger partial charge in [0, 0.05) is 42.7 Å². The Morgan fingerprint density at radius 1 is 1.11 bits per heavy atom. The fraction of sp³-hybridized carbons (Fsp3) is 0.464. The molecular weight excluding hydrogens is 487 g/mol. The lowest BCUT2D eigenvalue weighted by Gasteiger charge is -2.33. The Morgan fingerprint density at radius 2 is 1.92 bits per heavy atom. The SMILES string of the molecule is CCn1c(-c2cc3ccc(OC)nc3n2CC2CC2)nc2cc(C(=O)N3C[C@@H](N)C[C@H](F)C3)cc(OC)c21. The van der Waals surface area contributed by atoms with E-state index in [1.807, 2.05) is 12.1 Å². The number of hydrogen-bond donors (Lipinski definition) is 1. The van der Waals surface area contributed by atoms with Gasteiger partial charge in [-0.15, -0.1) is 0 Å². The van der Waals surface area contributed by atoms with Gasteiger partial charge in [0.2, 0.25) is 5.88 Å². The van der Waals surface area contributed by atoms with Crippen LogP contribution in [0.5, 0.6) is 11.6 Å². The highest BCUT2D eigenvalue weighted by Crippen LogP contribution is 2.38. The number of carbonyl (C=O) groups is 1. The molecule has 0 bridgehead atoms. The van der Waals surface area contributed by atoms with Crippen LogP contribution in [-0.4, -0.2) is 69.4 Å². The molecule has 1 saturated heterocycles. The third kappa shape index (κ3) is 4.26. The molecule has 6 rings (SSSR count). The highest BCUT2D eigenvalue weighted by Gasteiger charge is 2.31. The molecule has 2 N–H and O–H groups in total. The van der Waals surface area contributed by atoms with E-state index in [2.05, 4.69) is 22.1 Å². The van der Waals surface area contributed by atoms with E-state index in [1.165, 1.54) is 17.7 Å². The number of alkyl halides is 1. The van der Waals surface area contributed by atoms with E-state index in [0.717, 1.165) is 34.6 Å². The summed E-state index contributed by atoms with van der Waals surface area (Å²) in [6.45, 7) is 3.94. The Kier molecular flexibility index (Phi) is 6.22. The standard InChI is InChI=1S/C28H33FN6O3/c1-4-34-25-21(9-18(11-23(25)37-2)28(36)33-14-19(29)12-20(30)15-33)31-27(34)22-10-17-7-8-24(38-3)32-26(17)35(22)13-16-5-6-16/h7-11,16,19-20H,4-6,12-15,30H2,1-3H3/t19-,20-/m0/s1. The Labute approximate surface area is 220 Å². The maximum atomic E-state index is 14.2. The van der Waals surface area contributed by atoms with Crippen molar-refractivity contribution in [3.63, 3.8) is 0 Å². The summed E-state index contributed by atoms with van der Waals surface area (Å²) >= 11 is 0. The molecule has 0 spiro atoms. The van der Waals surface area contributed by atoms with Crippen LogP contribution in [-0.2, 0) is 13.1 Å². The maximum absolute atomic E-state index is 14.2. The number of methoxy groups -OCH3 is 2. The minimum Gasteiger partial charge on any atom is -0.494 e. The molecule has 1 aliphatic heterocycles. The number of imidazole rings is 1. The van der Waals surface area contributed by atoms with Crippen molar-refractivity contribution in [2.24, 2.45) is 11.7 Å². The molecule has 10 heteroatoms. The first-order valence-electron chi connectivity index (χ1n) is 13.2. The van der Waals surface area contributed by atoms with Gasteiger partial charge in [0.25, 0.3) is 5.91 Å². The summed E-state index contributed by atoms with van der Waals surface area (Å²) in [4.78, 5) is 24.7. The Bertz CT molecular complexity index is 1510. The summed E-state index contributed by atoms with van der Waals surface area (Å²) in [6.07, 6.45) is 1.55. The number of rotatable bonds is 7. The second kappa shape index (κ2) is 9.58. The third-order valence-corrected chi connectivity index (χ3v) is 7.60. The zero-order valence-electron chi connectivity index (χ0n) is 22.0. The highest BCUT2D eigenvalue weighted by molar-refractivity contribution is 6.00. The molecule has 0 radical (unpaired) electrons. The Balaban J connectivity index is 1.49. The molecular formula is C28H33FN6O3. The lowest BCUT2D eigenvalue weighted by Crippen LogP contribution is -2.50. The van der Waals surface area contributed by atoms with E-state index < -0.39 is 6.17 Å². The van der Waals surface area contributed by atoms with Crippen LogP contribution in [0.4, 0.5) is 4.39 Å². The van der Waals surface area contributed by atoms with Gasteiger partial charge in [0.05, 0.1) is 32.0 Å². The van der Waals surface area contributed by atoms with Crippen molar-refractivity contribution in [1.82, 2.24) is 24.0 Å². The second-order valence-electron chi connectivity index (χ2n) is 10.4. The van der Waals surface area contributed by atoms with Crippen molar-refractivity contribution in [3.05, 3.63) is 35.9 Å². The summed E-state index contributed by atoms with van der Waals surface area (Å²) in [5, 5.41) is 1.02. The van der Waals surface area contributed by atoms with Gasteiger partial charge in [0.1, 0.15) is 23.1 Å².